The van der Waals surface area contributed by atoms with Gasteiger partial charge in [0.2, 0.25) is 0 Å². The van der Waals surface area contributed by atoms with Crippen LogP contribution in [-0.4, -0.2) is 25.7 Å². The maximum absolute atomic E-state index is 12.4. The van der Waals surface area contributed by atoms with Crippen LogP contribution in [0.1, 0.15) is 36.5 Å². The number of rotatable bonds is 9. The molecule has 0 unspecified atom stereocenters. The minimum absolute atomic E-state index is 0.0616. The summed E-state index contributed by atoms with van der Waals surface area (Å²) in [6.45, 7) is 6.59. The Bertz CT molecular complexity index is 727. The lowest BCUT2D eigenvalue weighted by molar-refractivity contribution is -0.128. The third kappa shape index (κ3) is 5.51. The van der Waals surface area contributed by atoms with Crippen molar-refractivity contribution in [3.05, 3.63) is 59.2 Å². The van der Waals surface area contributed by atoms with Crippen LogP contribution in [0.25, 0.3) is 0 Å². The number of nitrogens with one attached hydrogen (secondary N) is 1. The van der Waals surface area contributed by atoms with E-state index in [2.05, 4.69) is 11.4 Å². The Hall–Kier alpha value is -2.49. The van der Waals surface area contributed by atoms with Crippen LogP contribution in [0.15, 0.2) is 42.5 Å². The summed E-state index contributed by atoms with van der Waals surface area (Å²) in [5.74, 6) is 1.61. The van der Waals surface area contributed by atoms with Gasteiger partial charge in [0.15, 0.2) is 6.10 Å². The van der Waals surface area contributed by atoms with Crippen LogP contribution in [0.2, 0.25) is 0 Å². The number of para-hydroxylation sites is 1. The fourth-order valence-corrected chi connectivity index (χ4v) is 2.82. The average Bonchev–Trinajstić information content (AvgIpc) is 2.65. The summed E-state index contributed by atoms with van der Waals surface area (Å²) >= 11 is 0. The van der Waals surface area contributed by atoms with Crippen LogP contribution < -0.4 is 14.8 Å². The maximum Gasteiger partial charge on any atom is 0.261 e. The van der Waals surface area contributed by atoms with Crippen LogP contribution in [0.3, 0.4) is 0 Å². The largest absolute Gasteiger partial charge is 0.496 e. The Morgan fingerprint density at radius 3 is 2.62 bits per heavy atom. The lowest BCUT2D eigenvalue weighted by Gasteiger charge is -2.19. The monoisotopic (exact) mass is 355 g/mol. The van der Waals surface area contributed by atoms with E-state index in [4.69, 9.17) is 9.47 Å². The maximum atomic E-state index is 12.4. The second kappa shape index (κ2) is 9.85. The number of aryl methyl sites for hydroxylation is 3. The molecule has 140 valence electrons. The highest BCUT2D eigenvalue weighted by molar-refractivity contribution is 5.81. The second-order valence-electron chi connectivity index (χ2n) is 6.49. The normalized spacial score (nSPS) is 11.7. The molecule has 1 atom stereocenters. The van der Waals surface area contributed by atoms with Gasteiger partial charge in [-0.25, -0.2) is 0 Å². The smallest absolute Gasteiger partial charge is 0.261 e. The summed E-state index contributed by atoms with van der Waals surface area (Å²) in [5.41, 5.74) is 3.32. The SMILES string of the molecule is CC[C@@H](Oc1cc(C)ccc1C)C(=O)NCCCc1ccccc1OC. The van der Waals surface area contributed by atoms with E-state index in [-0.39, 0.29) is 5.91 Å². The zero-order chi connectivity index (χ0) is 18.9. The predicted molar refractivity (Wildman–Crippen MR) is 105 cm³/mol. The van der Waals surface area contributed by atoms with E-state index in [0.717, 1.165) is 41.0 Å². The molecule has 0 radical (unpaired) electrons. The van der Waals surface area contributed by atoms with Crippen molar-refractivity contribution in [3.63, 3.8) is 0 Å². The van der Waals surface area contributed by atoms with Gasteiger partial charge in [0.1, 0.15) is 11.5 Å². The van der Waals surface area contributed by atoms with Gasteiger partial charge in [0.05, 0.1) is 7.11 Å². The van der Waals surface area contributed by atoms with Gasteiger partial charge in [-0.15, -0.1) is 0 Å². The zero-order valence-corrected chi connectivity index (χ0v) is 16.2. The summed E-state index contributed by atoms with van der Waals surface area (Å²) in [4.78, 5) is 12.4. The zero-order valence-electron chi connectivity index (χ0n) is 16.2. The summed E-state index contributed by atoms with van der Waals surface area (Å²) < 4.78 is 11.3. The number of amides is 1. The summed E-state index contributed by atoms with van der Waals surface area (Å²) in [5, 5.41) is 2.99. The lowest BCUT2D eigenvalue weighted by atomic mass is 10.1. The minimum atomic E-state index is -0.471. The molecule has 0 saturated carbocycles. The summed E-state index contributed by atoms with van der Waals surface area (Å²) in [6, 6.07) is 14.0. The van der Waals surface area contributed by atoms with Crippen molar-refractivity contribution in [1.29, 1.82) is 0 Å². The van der Waals surface area contributed by atoms with Crippen LogP contribution in [-0.2, 0) is 11.2 Å². The van der Waals surface area contributed by atoms with E-state index < -0.39 is 6.10 Å². The topological polar surface area (TPSA) is 47.6 Å². The molecular weight excluding hydrogens is 326 g/mol. The van der Waals surface area contributed by atoms with Crippen molar-refractivity contribution in [2.75, 3.05) is 13.7 Å². The molecule has 0 saturated heterocycles. The van der Waals surface area contributed by atoms with Gasteiger partial charge >= 0.3 is 0 Å². The molecule has 0 aliphatic heterocycles. The number of ether oxygens (including phenoxy) is 2. The van der Waals surface area contributed by atoms with E-state index in [1.165, 1.54) is 0 Å². The molecular formula is C22H29NO3. The number of carbonyl (C=O) groups is 1. The van der Waals surface area contributed by atoms with E-state index in [1.807, 2.05) is 57.2 Å². The van der Waals surface area contributed by atoms with Gasteiger partial charge in [-0.05, 0) is 61.9 Å². The van der Waals surface area contributed by atoms with Crippen molar-refractivity contribution in [2.45, 2.75) is 46.1 Å². The highest BCUT2D eigenvalue weighted by Crippen LogP contribution is 2.21. The third-order valence-electron chi connectivity index (χ3n) is 4.39. The minimum Gasteiger partial charge on any atom is -0.496 e. The first kappa shape index (κ1) is 19.8. The molecule has 0 aliphatic carbocycles. The van der Waals surface area contributed by atoms with Gasteiger partial charge in [0.25, 0.3) is 5.91 Å². The van der Waals surface area contributed by atoms with Gasteiger partial charge in [-0.2, -0.15) is 0 Å². The van der Waals surface area contributed by atoms with Gasteiger partial charge in [0, 0.05) is 6.54 Å². The van der Waals surface area contributed by atoms with E-state index >= 15 is 0 Å². The first-order valence-electron chi connectivity index (χ1n) is 9.18. The van der Waals surface area contributed by atoms with E-state index in [9.17, 15) is 4.79 Å². The molecule has 1 N–H and O–H groups in total. The van der Waals surface area contributed by atoms with Crippen molar-refractivity contribution < 1.29 is 14.3 Å². The highest BCUT2D eigenvalue weighted by atomic mass is 16.5. The van der Waals surface area contributed by atoms with Crippen molar-refractivity contribution in [2.24, 2.45) is 0 Å². The van der Waals surface area contributed by atoms with Crippen LogP contribution >= 0.6 is 0 Å². The molecule has 1 amide bonds. The van der Waals surface area contributed by atoms with Crippen LogP contribution in [0, 0.1) is 13.8 Å². The Morgan fingerprint density at radius 1 is 1.12 bits per heavy atom. The van der Waals surface area contributed by atoms with Crippen molar-refractivity contribution in [1.82, 2.24) is 5.32 Å². The summed E-state index contributed by atoms with van der Waals surface area (Å²) in [6.07, 6.45) is 1.87. The molecule has 2 aromatic rings. The molecule has 0 heterocycles. The Kier molecular flexibility index (Phi) is 7.52. The quantitative estimate of drug-likeness (QED) is 0.685. The molecule has 4 nitrogen and oxygen atoms in total. The fourth-order valence-electron chi connectivity index (χ4n) is 2.82. The van der Waals surface area contributed by atoms with Crippen molar-refractivity contribution >= 4 is 5.91 Å². The highest BCUT2D eigenvalue weighted by Gasteiger charge is 2.18. The van der Waals surface area contributed by atoms with Crippen molar-refractivity contribution in [3.8, 4) is 11.5 Å². The number of benzene rings is 2. The van der Waals surface area contributed by atoms with Gasteiger partial charge in [-0.3, -0.25) is 4.79 Å². The second-order valence-corrected chi connectivity index (χ2v) is 6.49. The molecule has 0 aromatic heterocycles. The van der Waals surface area contributed by atoms with Gasteiger partial charge in [-0.1, -0.05) is 37.3 Å². The first-order chi connectivity index (χ1) is 12.5. The predicted octanol–water partition coefficient (Wildman–Crippen LogP) is 4.22. The molecule has 4 heteroatoms. The molecule has 0 bridgehead atoms. The summed E-state index contributed by atoms with van der Waals surface area (Å²) in [7, 11) is 1.68. The Balaban J connectivity index is 1.84. The number of hydrogen-bond acceptors (Lipinski definition) is 3. The molecule has 2 rings (SSSR count). The fraction of sp³-hybridized carbons (Fsp3) is 0.409. The molecule has 0 fully saturated rings. The third-order valence-corrected chi connectivity index (χ3v) is 4.39. The van der Waals surface area contributed by atoms with E-state index in [0.29, 0.717) is 13.0 Å². The standard InChI is InChI=1S/C22H29NO3/c1-5-19(26-21-15-16(2)12-13-17(21)3)22(24)23-14-8-10-18-9-6-7-11-20(18)25-4/h6-7,9,11-13,15,19H,5,8,10,14H2,1-4H3,(H,23,24)/t19-/m1/s1. The van der Waals surface area contributed by atoms with Crippen LogP contribution in [0.5, 0.6) is 11.5 Å². The Labute approximate surface area is 156 Å². The van der Waals surface area contributed by atoms with Gasteiger partial charge < -0.3 is 14.8 Å². The molecule has 2 aromatic carbocycles. The Morgan fingerprint density at radius 2 is 1.88 bits per heavy atom. The molecule has 0 aliphatic rings. The first-order valence-corrected chi connectivity index (χ1v) is 9.18. The van der Waals surface area contributed by atoms with Crippen LogP contribution in [0.4, 0.5) is 0 Å². The molecule has 0 spiro atoms. The molecule has 26 heavy (non-hydrogen) atoms. The van der Waals surface area contributed by atoms with E-state index in [1.54, 1.807) is 7.11 Å². The average molecular weight is 355 g/mol. The lowest BCUT2D eigenvalue weighted by Crippen LogP contribution is -2.38. The number of hydrogen-bond donors (Lipinski definition) is 1. The number of methoxy groups -OCH3 is 1. The number of carbonyl (C=O) groups excluding carboxylic acids is 1.